The van der Waals surface area contributed by atoms with Gasteiger partial charge in [-0.15, -0.1) is 11.8 Å². The number of ether oxygens (including phenoxy) is 2. The number of rotatable bonds is 10. The van der Waals surface area contributed by atoms with E-state index in [1.165, 1.54) is 14.0 Å². The molecule has 1 saturated heterocycles. The number of amides is 2. The molecule has 2 aliphatic heterocycles. The molecule has 0 saturated carbocycles. The van der Waals surface area contributed by atoms with Crippen molar-refractivity contribution in [1.29, 1.82) is 0 Å². The van der Waals surface area contributed by atoms with Gasteiger partial charge in [0, 0.05) is 31.8 Å². The van der Waals surface area contributed by atoms with Crippen molar-refractivity contribution in [2.24, 2.45) is 5.73 Å². The SMILES string of the molecule is COC1(NC(=O)CCCC(N)C(=O)O)C(=O)N2C(C(=O)O)=C(COC(C)=O)CSC21. The number of carboxylic acid groups (broad SMARTS) is 2. The summed E-state index contributed by atoms with van der Waals surface area (Å²) in [7, 11) is 1.22. The lowest BCUT2D eigenvalue weighted by Crippen LogP contribution is -2.80. The molecule has 0 aliphatic carbocycles. The maximum atomic E-state index is 12.8. The average molecular weight is 445 g/mol. The Hall–Kier alpha value is -2.64. The minimum atomic E-state index is -1.75. The second kappa shape index (κ2) is 9.45. The largest absolute Gasteiger partial charge is 0.480 e. The summed E-state index contributed by atoms with van der Waals surface area (Å²) in [5, 5.41) is 20.0. The first kappa shape index (κ1) is 23.6. The van der Waals surface area contributed by atoms with Gasteiger partial charge in [-0.3, -0.25) is 24.1 Å². The number of thioether (sulfide) groups is 1. The normalized spacial score (nSPS) is 23.9. The number of nitrogens with one attached hydrogen (secondary N) is 1. The summed E-state index contributed by atoms with van der Waals surface area (Å²) in [5.74, 6) is -4.31. The van der Waals surface area contributed by atoms with Gasteiger partial charge >= 0.3 is 17.9 Å². The Morgan fingerprint density at radius 2 is 2.03 bits per heavy atom. The third-order valence-electron chi connectivity index (χ3n) is 4.65. The molecule has 30 heavy (non-hydrogen) atoms. The predicted molar refractivity (Wildman–Crippen MR) is 102 cm³/mol. The Morgan fingerprint density at radius 3 is 2.57 bits per heavy atom. The summed E-state index contributed by atoms with van der Waals surface area (Å²) in [6.45, 7) is 0.917. The fourth-order valence-corrected chi connectivity index (χ4v) is 4.54. The van der Waals surface area contributed by atoms with Crippen LogP contribution in [0.4, 0.5) is 0 Å². The number of methoxy groups -OCH3 is 1. The number of β-lactam (4-membered cyclic amide) rings is 1. The Labute approximate surface area is 175 Å². The van der Waals surface area contributed by atoms with Gasteiger partial charge in [0.05, 0.1) is 0 Å². The number of carbonyl (C=O) groups excluding carboxylic acids is 3. The highest BCUT2D eigenvalue weighted by Gasteiger charge is 2.66. The molecule has 0 aromatic heterocycles. The number of carbonyl (C=O) groups is 5. The summed E-state index contributed by atoms with van der Waals surface area (Å²) in [6, 6.07) is -1.09. The number of carboxylic acids is 2. The first-order chi connectivity index (χ1) is 14.0. The topological polar surface area (TPSA) is 186 Å². The molecule has 2 aliphatic rings. The molecule has 3 unspecified atom stereocenters. The van der Waals surface area contributed by atoms with Crippen LogP contribution in [0.15, 0.2) is 11.3 Å². The van der Waals surface area contributed by atoms with E-state index in [-0.39, 0.29) is 42.9 Å². The van der Waals surface area contributed by atoms with Crippen LogP contribution in [0.5, 0.6) is 0 Å². The lowest BCUT2D eigenvalue weighted by Gasteiger charge is -2.55. The number of aliphatic carboxylic acids is 2. The molecule has 0 bridgehead atoms. The van der Waals surface area contributed by atoms with Crippen LogP contribution < -0.4 is 11.1 Å². The van der Waals surface area contributed by atoms with Gasteiger partial charge in [-0.2, -0.15) is 0 Å². The molecule has 3 atom stereocenters. The maximum absolute atomic E-state index is 12.8. The van der Waals surface area contributed by atoms with Gasteiger partial charge in [0.2, 0.25) is 5.91 Å². The lowest BCUT2D eigenvalue weighted by molar-refractivity contribution is -0.192. The highest BCUT2D eigenvalue weighted by Crippen LogP contribution is 2.46. The van der Waals surface area contributed by atoms with Gasteiger partial charge in [0.1, 0.15) is 23.7 Å². The second-order valence-corrected chi connectivity index (χ2v) is 7.77. The summed E-state index contributed by atoms with van der Waals surface area (Å²) in [6.07, 6.45) is 0.171. The van der Waals surface area contributed by atoms with Crippen molar-refractivity contribution < 1.29 is 43.7 Å². The van der Waals surface area contributed by atoms with Crippen molar-refractivity contribution in [3.8, 4) is 0 Å². The molecular weight excluding hydrogens is 422 g/mol. The van der Waals surface area contributed by atoms with Crippen LogP contribution in [-0.2, 0) is 33.4 Å². The van der Waals surface area contributed by atoms with Gasteiger partial charge in [0.25, 0.3) is 11.6 Å². The van der Waals surface area contributed by atoms with Crippen molar-refractivity contribution in [3.63, 3.8) is 0 Å². The van der Waals surface area contributed by atoms with E-state index in [1.807, 2.05) is 0 Å². The average Bonchev–Trinajstić information content (AvgIpc) is 2.68. The van der Waals surface area contributed by atoms with Gasteiger partial charge in [-0.25, -0.2) is 4.79 Å². The molecule has 5 N–H and O–H groups in total. The molecule has 12 nitrogen and oxygen atoms in total. The Bertz CT molecular complexity index is 799. The van der Waals surface area contributed by atoms with E-state index < -0.39 is 46.9 Å². The van der Waals surface area contributed by atoms with Crippen LogP contribution >= 0.6 is 11.8 Å². The van der Waals surface area contributed by atoms with Gasteiger partial charge in [-0.05, 0) is 12.8 Å². The van der Waals surface area contributed by atoms with Crippen molar-refractivity contribution in [2.45, 2.75) is 43.3 Å². The minimum Gasteiger partial charge on any atom is -0.480 e. The molecule has 0 radical (unpaired) electrons. The van der Waals surface area contributed by atoms with Crippen molar-refractivity contribution in [2.75, 3.05) is 19.5 Å². The first-order valence-electron chi connectivity index (χ1n) is 8.93. The van der Waals surface area contributed by atoms with Crippen molar-refractivity contribution in [1.82, 2.24) is 10.2 Å². The van der Waals surface area contributed by atoms with E-state index >= 15 is 0 Å². The summed E-state index contributed by atoms with van der Waals surface area (Å²) in [5.41, 5.74) is 3.59. The molecule has 2 heterocycles. The molecule has 13 heteroatoms. The van der Waals surface area contributed by atoms with Gasteiger partial charge < -0.3 is 30.7 Å². The summed E-state index contributed by atoms with van der Waals surface area (Å²) < 4.78 is 10.2. The number of hydrogen-bond donors (Lipinski definition) is 4. The maximum Gasteiger partial charge on any atom is 0.352 e. The van der Waals surface area contributed by atoms with Gasteiger partial charge in [-0.1, -0.05) is 0 Å². The Balaban J connectivity index is 2.11. The third-order valence-corrected chi connectivity index (χ3v) is 6.02. The third kappa shape index (κ3) is 4.57. The first-order valence-corrected chi connectivity index (χ1v) is 9.98. The predicted octanol–water partition coefficient (Wildman–Crippen LogP) is -1.16. The van der Waals surface area contributed by atoms with Gasteiger partial charge in [0.15, 0.2) is 0 Å². The molecule has 0 aromatic rings. The van der Waals surface area contributed by atoms with Crippen LogP contribution in [0.25, 0.3) is 0 Å². The zero-order chi connectivity index (χ0) is 22.6. The summed E-state index contributed by atoms with van der Waals surface area (Å²) >= 11 is 1.16. The van der Waals surface area contributed by atoms with E-state index in [2.05, 4.69) is 5.32 Å². The fourth-order valence-electron chi connectivity index (χ4n) is 3.12. The van der Waals surface area contributed by atoms with Crippen LogP contribution in [0.3, 0.4) is 0 Å². The fraction of sp³-hybridized carbons (Fsp3) is 0.588. The van der Waals surface area contributed by atoms with E-state index in [0.717, 1.165) is 16.7 Å². The zero-order valence-corrected chi connectivity index (χ0v) is 17.2. The molecule has 0 spiro atoms. The second-order valence-electron chi connectivity index (χ2n) is 6.70. The molecule has 2 amide bonds. The number of esters is 1. The quantitative estimate of drug-likeness (QED) is 0.181. The molecule has 166 valence electrons. The van der Waals surface area contributed by atoms with E-state index in [9.17, 15) is 29.1 Å². The Morgan fingerprint density at radius 1 is 1.37 bits per heavy atom. The lowest BCUT2D eigenvalue weighted by atomic mass is 9.97. The van der Waals surface area contributed by atoms with E-state index in [1.54, 1.807) is 0 Å². The summed E-state index contributed by atoms with van der Waals surface area (Å²) in [4.78, 5) is 59.6. The van der Waals surface area contributed by atoms with E-state index in [4.69, 9.17) is 20.3 Å². The standard InChI is InChI=1S/C17H23N3O9S/c1-8(21)29-6-9-7-30-16-17(28-2,15(27)20(16)12(9)14(25)26)19-11(22)5-3-4-10(18)13(23)24/h10,16H,3-7,18H2,1-2H3,(H,19,22)(H,23,24)(H,25,26). The zero-order valence-electron chi connectivity index (χ0n) is 16.4. The Kier molecular flexibility index (Phi) is 7.44. The number of fused-ring (bicyclic) bond motifs is 1. The van der Waals surface area contributed by atoms with E-state index in [0.29, 0.717) is 0 Å². The monoisotopic (exact) mass is 445 g/mol. The van der Waals surface area contributed by atoms with Crippen LogP contribution in [-0.4, -0.2) is 81.4 Å². The highest BCUT2D eigenvalue weighted by molar-refractivity contribution is 8.00. The minimum absolute atomic E-state index is 0.0758. The number of nitrogens with zero attached hydrogens (tertiary/aromatic N) is 1. The highest BCUT2D eigenvalue weighted by atomic mass is 32.2. The molecule has 1 fully saturated rings. The van der Waals surface area contributed by atoms with Crippen LogP contribution in [0.2, 0.25) is 0 Å². The number of nitrogens with two attached hydrogens (primary N) is 1. The number of hydrogen-bond acceptors (Lipinski definition) is 9. The van der Waals surface area contributed by atoms with Crippen molar-refractivity contribution in [3.05, 3.63) is 11.3 Å². The molecular formula is C17H23N3O9S. The van der Waals surface area contributed by atoms with Crippen LogP contribution in [0.1, 0.15) is 26.2 Å². The van der Waals surface area contributed by atoms with Crippen LogP contribution in [0, 0.1) is 0 Å². The molecule has 0 aromatic carbocycles. The van der Waals surface area contributed by atoms with Crippen molar-refractivity contribution >= 4 is 41.5 Å². The molecule has 2 rings (SSSR count). The smallest absolute Gasteiger partial charge is 0.352 e.